The lowest BCUT2D eigenvalue weighted by Gasteiger charge is -2.11. The molecule has 0 aromatic heterocycles. The predicted molar refractivity (Wildman–Crippen MR) is 82.6 cm³/mol. The molecule has 0 N–H and O–H groups in total. The van der Waals surface area contributed by atoms with Gasteiger partial charge in [-0.3, -0.25) is 20.2 Å². The van der Waals surface area contributed by atoms with Crippen LogP contribution in [0.4, 0.5) is 11.4 Å². The van der Waals surface area contributed by atoms with Crippen LogP contribution in [0.5, 0.6) is 17.2 Å². The van der Waals surface area contributed by atoms with Gasteiger partial charge in [-0.15, -0.1) is 0 Å². The third-order valence-corrected chi connectivity index (χ3v) is 3.22. The lowest BCUT2D eigenvalue weighted by molar-refractivity contribution is -0.396. The minimum absolute atomic E-state index is 0.223. The smallest absolute Gasteiger partial charge is 0.361 e. The molecule has 0 fully saturated rings. The zero-order valence-electron chi connectivity index (χ0n) is 12.1. The number of rotatable bonds is 5. The second-order valence-electron chi connectivity index (χ2n) is 4.52. The fraction of sp³-hybridized carbons (Fsp3) is 0.143. The Morgan fingerprint density at radius 2 is 1.78 bits per heavy atom. The third kappa shape index (κ3) is 3.32. The highest BCUT2D eigenvalue weighted by atomic mass is 35.5. The first-order chi connectivity index (χ1) is 10.8. The summed E-state index contributed by atoms with van der Waals surface area (Å²) in [4.78, 5) is 20.9. The SMILES string of the molecule is COc1c(Cl)cc([N+](=O)[O-])c(Oc2cccc(C)c2)c1[N+](=O)[O-]. The van der Waals surface area contributed by atoms with E-state index in [2.05, 4.69) is 0 Å². The molecule has 120 valence electrons. The quantitative estimate of drug-likeness (QED) is 0.595. The molecule has 0 unspecified atom stereocenters. The van der Waals surface area contributed by atoms with Crippen molar-refractivity contribution in [2.75, 3.05) is 7.11 Å². The highest BCUT2D eigenvalue weighted by Gasteiger charge is 2.35. The van der Waals surface area contributed by atoms with Crippen molar-refractivity contribution in [3.63, 3.8) is 0 Å². The molecule has 0 aliphatic heterocycles. The first-order valence-electron chi connectivity index (χ1n) is 6.29. The van der Waals surface area contributed by atoms with Gasteiger partial charge in [0.25, 0.3) is 5.75 Å². The molecular formula is C14H11ClN2O6. The van der Waals surface area contributed by atoms with Gasteiger partial charge < -0.3 is 9.47 Å². The van der Waals surface area contributed by atoms with Gasteiger partial charge in [-0.25, -0.2) is 0 Å². The topological polar surface area (TPSA) is 105 Å². The third-order valence-electron chi connectivity index (χ3n) is 2.94. The lowest BCUT2D eigenvalue weighted by Crippen LogP contribution is -2.02. The molecule has 0 aliphatic carbocycles. The summed E-state index contributed by atoms with van der Waals surface area (Å²) in [6.45, 7) is 1.79. The van der Waals surface area contributed by atoms with Gasteiger partial charge in [0, 0.05) is 6.07 Å². The molecule has 23 heavy (non-hydrogen) atoms. The molecular weight excluding hydrogens is 328 g/mol. The van der Waals surface area contributed by atoms with Crippen LogP contribution in [0.1, 0.15) is 5.56 Å². The summed E-state index contributed by atoms with van der Waals surface area (Å²) < 4.78 is 10.3. The second-order valence-corrected chi connectivity index (χ2v) is 4.93. The summed E-state index contributed by atoms with van der Waals surface area (Å²) in [5.74, 6) is -0.614. The van der Waals surface area contributed by atoms with Crippen LogP contribution in [0.3, 0.4) is 0 Å². The van der Waals surface area contributed by atoms with Crippen LogP contribution in [0.15, 0.2) is 30.3 Å². The van der Waals surface area contributed by atoms with Crippen molar-refractivity contribution in [1.29, 1.82) is 0 Å². The van der Waals surface area contributed by atoms with Crippen molar-refractivity contribution in [3.8, 4) is 17.2 Å². The molecule has 0 saturated carbocycles. The molecule has 0 spiro atoms. The molecule has 2 rings (SSSR count). The number of nitro benzene ring substituents is 2. The highest BCUT2D eigenvalue weighted by Crippen LogP contribution is 2.49. The van der Waals surface area contributed by atoms with Gasteiger partial charge in [-0.2, -0.15) is 0 Å². The molecule has 0 bridgehead atoms. The van der Waals surface area contributed by atoms with Crippen molar-refractivity contribution in [3.05, 3.63) is 61.1 Å². The maximum Gasteiger partial charge on any atom is 0.361 e. The van der Waals surface area contributed by atoms with Gasteiger partial charge in [0.1, 0.15) is 5.75 Å². The number of hydrogen-bond donors (Lipinski definition) is 0. The first kappa shape index (κ1) is 16.5. The van der Waals surface area contributed by atoms with Gasteiger partial charge >= 0.3 is 11.4 Å². The van der Waals surface area contributed by atoms with Gasteiger partial charge in [0.05, 0.1) is 22.0 Å². The van der Waals surface area contributed by atoms with Crippen LogP contribution in [-0.2, 0) is 0 Å². The molecule has 0 atom stereocenters. The van der Waals surface area contributed by atoms with Gasteiger partial charge in [0.2, 0.25) is 5.75 Å². The summed E-state index contributed by atoms with van der Waals surface area (Å²) in [5.41, 5.74) is -0.494. The Balaban J connectivity index is 2.72. The Bertz CT molecular complexity index is 793. The summed E-state index contributed by atoms with van der Waals surface area (Å²) in [6.07, 6.45) is 0. The van der Waals surface area contributed by atoms with Crippen LogP contribution in [0, 0.1) is 27.2 Å². The first-order valence-corrected chi connectivity index (χ1v) is 6.66. The molecule has 0 saturated heterocycles. The van der Waals surface area contributed by atoms with E-state index in [-0.39, 0.29) is 16.5 Å². The van der Waals surface area contributed by atoms with E-state index in [1.807, 2.05) is 0 Å². The minimum Gasteiger partial charge on any atom is -0.489 e. The Hall–Kier alpha value is -2.87. The van der Waals surface area contributed by atoms with Crippen molar-refractivity contribution in [2.24, 2.45) is 0 Å². The van der Waals surface area contributed by atoms with Crippen molar-refractivity contribution in [1.82, 2.24) is 0 Å². The minimum atomic E-state index is -0.831. The number of nitrogens with zero attached hydrogens (tertiary/aromatic N) is 2. The molecule has 2 aromatic carbocycles. The van der Waals surface area contributed by atoms with E-state index in [0.29, 0.717) is 0 Å². The van der Waals surface area contributed by atoms with Crippen molar-refractivity contribution < 1.29 is 19.3 Å². The lowest BCUT2D eigenvalue weighted by atomic mass is 10.2. The molecule has 2 aromatic rings. The summed E-state index contributed by atoms with van der Waals surface area (Å²) in [5, 5.41) is 22.3. The number of methoxy groups -OCH3 is 1. The van der Waals surface area contributed by atoms with Crippen molar-refractivity contribution >= 4 is 23.0 Å². The average molecular weight is 339 g/mol. The fourth-order valence-corrected chi connectivity index (χ4v) is 2.25. The summed E-state index contributed by atoms with van der Waals surface area (Å²) in [7, 11) is 1.18. The van der Waals surface area contributed by atoms with Crippen LogP contribution < -0.4 is 9.47 Å². The standard InChI is InChI=1S/C14H11ClN2O6/c1-8-4-3-5-9(6-8)23-14-11(16(18)19)7-10(15)13(22-2)12(14)17(20)21/h3-7H,1-2H3. The number of nitro groups is 2. The maximum absolute atomic E-state index is 11.3. The Labute approximate surface area is 135 Å². The molecule has 0 radical (unpaired) electrons. The number of ether oxygens (including phenoxy) is 2. The summed E-state index contributed by atoms with van der Waals surface area (Å²) in [6, 6.07) is 7.53. The van der Waals surface area contributed by atoms with Crippen LogP contribution in [0.2, 0.25) is 5.02 Å². The second kappa shape index (κ2) is 6.49. The normalized spacial score (nSPS) is 10.2. The van der Waals surface area contributed by atoms with E-state index in [1.54, 1.807) is 25.1 Å². The van der Waals surface area contributed by atoms with Crippen molar-refractivity contribution in [2.45, 2.75) is 6.92 Å². The maximum atomic E-state index is 11.3. The Morgan fingerprint density at radius 1 is 1.09 bits per heavy atom. The molecule has 0 heterocycles. The number of benzene rings is 2. The van der Waals surface area contributed by atoms with E-state index in [9.17, 15) is 20.2 Å². The zero-order chi connectivity index (χ0) is 17.1. The average Bonchev–Trinajstić information content (AvgIpc) is 2.47. The molecule has 9 heteroatoms. The molecule has 8 nitrogen and oxygen atoms in total. The van der Waals surface area contributed by atoms with E-state index in [0.717, 1.165) is 11.6 Å². The number of halogens is 1. The Kier molecular flexibility index (Phi) is 4.65. The Morgan fingerprint density at radius 3 is 2.30 bits per heavy atom. The van der Waals surface area contributed by atoms with Crippen LogP contribution in [0.25, 0.3) is 0 Å². The van der Waals surface area contributed by atoms with E-state index >= 15 is 0 Å². The predicted octanol–water partition coefficient (Wildman–Crippen LogP) is 4.27. The fourth-order valence-electron chi connectivity index (χ4n) is 1.98. The highest BCUT2D eigenvalue weighted by molar-refractivity contribution is 6.32. The number of hydrogen-bond acceptors (Lipinski definition) is 6. The molecule has 0 amide bonds. The van der Waals surface area contributed by atoms with Crippen LogP contribution in [-0.4, -0.2) is 17.0 Å². The summed E-state index contributed by atoms with van der Waals surface area (Å²) >= 11 is 5.83. The number of aryl methyl sites for hydroxylation is 1. The van der Waals surface area contributed by atoms with E-state index in [1.165, 1.54) is 13.2 Å². The van der Waals surface area contributed by atoms with Gasteiger partial charge in [-0.05, 0) is 24.6 Å². The molecule has 0 aliphatic rings. The van der Waals surface area contributed by atoms with Gasteiger partial charge in [0.15, 0.2) is 0 Å². The van der Waals surface area contributed by atoms with Crippen LogP contribution >= 0.6 is 11.6 Å². The van der Waals surface area contributed by atoms with E-state index < -0.39 is 27.0 Å². The van der Waals surface area contributed by atoms with Gasteiger partial charge in [-0.1, -0.05) is 23.7 Å². The van der Waals surface area contributed by atoms with E-state index in [4.69, 9.17) is 21.1 Å². The largest absolute Gasteiger partial charge is 0.489 e. The zero-order valence-corrected chi connectivity index (χ0v) is 12.9. The monoisotopic (exact) mass is 338 g/mol.